The molecule has 1 N–H and O–H groups in total. The minimum atomic E-state index is -3.60. The van der Waals surface area contributed by atoms with E-state index in [1.165, 1.54) is 0 Å². The van der Waals surface area contributed by atoms with Crippen LogP contribution < -0.4 is 4.72 Å². The summed E-state index contributed by atoms with van der Waals surface area (Å²) in [4.78, 5) is 1.28. The fourth-order valence-electron chi connectivity index (χ4n) is 2.25. The molecule has 23 heavy (non-hydrogen) atoms. The molecule has 2 aromatic heterocycles. The molecule has 7 heteroatoms. The third-order valence-electron chi connectivity index (χ3n) is 3.38. The predicted octanol–water partition coefficient (Wildman–Crippen LogP) is 4.21. The van der Waals surface area contributed by atoms with Crippen LogP contribution in [-0.2, 0) is 10.0 Å². The number of benzene rings is 1. The van der Waals surface area contributed by atoms with Gasteiger partial charge in [0.1, 0.15) is 5.76 Å². The minimum absolute atomic E-state index is 0.151. The second kappa shape index (κ2) is 7.00. The van der Waals surface area contributed by atoms with Gasteiger partial charge in [-0.15, -0.1) is 11.3 Å². The van der Waals surface area contributed by atoms with Crippen molar-refractivity contribution in [1.29, 1.82) is 0 Å². The second-order valence-electron chi connectivity index (χ2n) is 4.87. The van der Waals surface area contributed by atoms with Crippen LogP contribution in [0.3, 0.4) is 0 Å². The van der Waals surface area contributed by atoms with Gasteiger partial charge in [-0.3, -0.25) is 0 Å². The number of rotatable bonds is 6. The molecule has 0 amide bonds. The monoisotopic (exact) mass is 411 g/mol. The lowest BCUT2D eigenvalue weighted by atomic mass is 10.1. The van der Waals surface area contributed by atoms with Crippen molar-refractivity contribution in [2.24, 2.45) is 0 Å². The maximum Gasteiger partial charge on any atom is 0.241 e. The fourth-order valence-corrected chi connectivity index (χ4v) is 5.14. The predicted molar refractivity (Wildman–Crippen MR) is 94.2 cm³/mol. The number of thiophene rings is 1. The zero-order chi connectivity index (χ0) is 16.3. The van der Waals surface area contributed by atoms with Gasteiger partial charge in [0.05, 0.1) is 17.1 Å². The minimum Gasteiger partial charge on any atom is -0.469 e. The van der Waals surface area contributed by atoms with Crippen LogP contribution in [0.25, 0.3) is 0 Å². The molecule has 2 heterocycles. The highest BCUT2D eigenvalue weighted by molar-refractivity contribution is 9.10. The Hall–Kier alpha value is -1.41. The molecule has 0 radical (unpaired) electrons. The van der Waals surface area contributed by atoms with Crippen molar-refractivity contribution in [1.82, 2.24) is 4.72 Å². The number of nitrogens with one attached hydrogen (secondary N) is 1. The van der Waals surface area contributed by atoms with Crippen LogP contribution >= 0.6 is 27.3 Å². The van der Waals surface area contributed by atoms with Crippen LogP contribution in [0.15, 0.2) is 74.0 Å². The van der Waals surface area contributed by atoms with Gasteiger partial charge in [0.15, 0.2) is 0 Å². The summed E-state index contributed by atoms with van der Waals surface area (Å²) in [6.07, 6.45) is 1.60. The van der Waals surface area contributed by atoms with E-state index in [4.69, 9.17) is 4.42 Å². The van der Waals surface area contributed by atoms with Crippen LogP contribution in [-0.4, -0.2) is 15.0 Å². The smallest absolute Gasteiger partial charge is 0.241 e. The van der Waals surface area contributed by atoms with Gasteiger partial charge in [0.25, 0.3) is 0 Å². The Morgan fingerprint density at radius 2 is 1.96 bits per heavy atom. The largest absolute Gasteiger partial charge is 0.469 e. The Balaban J connectivity index is 1.84. The molecule has 3 aromatic rings. The number of halogens is 1. The van der Waals surface area contributed by atoms with Gasteiger partial charge in [-0.05, 0) is 51.6 Å². The van der Waals surface area contributed by atoms with Crippen molar-refractivity contribution in [2.45, 2.75) is 10.8 Å². The van der Waals surface area contributed by atoms with Crippen molar-refractivity contribution in [3.63, 3.8) is 0 Å². The lowest BCUT2D eigenvalue weighted by Gasteiger charge is -2.15. The van der Waals surface area contributed by atoms with E-state index in [1.54, 1.807) is 47.9 Å². The number of sulfonamides is 1. The highest BCUT2D eigenvalue weighted by Crippen LogP contribution is 2.29. The molecule has 0 saturated carbocycles. The van der Waals surface area contributed by atoms with Crippen molar-refractivity contribution < 1.29 is 12.8 Å². The van der Waals surface area contributed by atoms with Gasteiger partial charge in [-0.1, -0.05) is 18.2 Å². The van der Waals surface area contributed by atoms with Crippen LogP contribution in [0.2, 0.25) is 0 Å². The lowest BCUT2D eigenvalue weighted by molar-refractivity contribution is 0.483. The molecule has 0 aliphatic carbocycles. The van der Waals surface area contributed by atoms with E-state index < -0.39 is 10.0 Å². The first-order valence-electron chi connectivity index (χ1n) is 6.89. The summed E-state index contributed by atoms with van der Waals surface area (Å²) in [5, 5.41) is 1.97. The van der Waals surface area contributed by atoms with Gasteiger partial charge in [-0.2, -0.15) is 0 Å². The Morgan fingerprint density at radius 1 is 1.13 bits per heavy atom. The molecule has 4 nitrogen and oxygen atoms in total. The SMILES string of the molecule is O=S(=O)(NC[C@H](c1ccco1)c1cccs1)c1ccccc1Br. The molecule has 0 unspecified atom stereocenters. The maximum atomic E-state index is 12.5. The molecule has 0 spiro atoms. The quantitative estimate of drug-likeness (QED) is 0.660. The zero-order valence-corrected chi connectivity index (χ0v) is 15.2. The number of hydrogen-bond donors (Lipinski definition) is 1. The Kier molecular flexibility index (Phi) is 5.01. The molecule has 0 aliphatic rings. The van der Waals surface area contributed by atoms with Gasteiger partial charge < -0.3 is 4.42 Å². The summed E-state index contributed by atoms with van der Waals surface area (Å²) in [5.74, 6) is 0.588. The molecular formula is C16H14BrNO3S2. The number of hydrogen-bond acceptors (Lipinski definition) is 4. The topological polar surface area (TPSA) is 59.3 Å². The standard InChI is InChI=1S/C16H14BrNO3S2/c17-13-5-1-2-8-16(13)23(19,20)18-11-12(14-6-3-9-21-14)15-7-4-10-22-15/h1-10,12,18H,11H2/t12-/m1/s1. The first kappa shape index (κ1) is 16.4. The average molecular weight is 412 g/mol. The van der Waals surface area contributed by atoms with Crippen molar-refractivity contribution in [3.05, 3.63) is 75.3 Å². The van der Waals surface area contributed by atoms with E-state index in [-0.39, 0.29) is 17.4 Å². The van der Waals surface area contributed by atoms with E-state index in [1.807, 2.05) is 23.6 Å². The van der Waals surface area contributed by atoms with Gasteiger partial charge in [0.2, 0.25) is 10.0 Å². The van der Waals surface area contributed by atoms with Crippen molar-refractivity contribution >= 4 is 37.3 Å². The van der Waals surface area contributed by atoms with E-state index in [9.17, 15) is 8.42 Å². The van der Waals surface area contributed by atoms with Crippen LogP contribution in [0.1, 0.15) is 16.6 Å². The highest BCUT2D eigenvalue weighted by Gasteiger charge is 2.23. The van der Waals surface area contributed by atoms with Crippen LogP contribution in [0.5, 0.6) is 0 Å². The maximum absolute atomic E-state index is 12.5. The molecule has 0 fully saturated rings. The summed E-state index contributed by atoms with van der Waals surface area (Å²) >= 11 is 4.86. The summed E-state index contributed by atoms with van der Waals surface area (Å²) in [6, 6.07) is 14.3. The second-order valence-corrected chi connectivity index (χ2v) is 8.43. The molecule has 0 bridgehead atoms. The summed E-state index contributed by atoms with van der Waals surface area (Å²) in [5.41, 5.74) is 0. The zero-order valence-electron chi connectivity index (χ0n) is 12.0. The van der Waals surface area contributed by atoms with Crippen molar-refractivity contribution in [2.75, 3.05) is 6.54 Å². The van der Waals surface area contributed by atoms with E-state index in [0.717, 1.165) is 10.6 Å². The summed E-state index contributed by atoms with van der Waals surface area (Å²) in [6.45, 7) is 0.234. The molecule has 1 atom stereocenters. The fraction of sp³-hybridized carbons (Fsp3) is 0.125. The normalized spacial score (nSPS) is 13.1. The van der Waals surface area contributed by atoms with Gasteiger partial charge >= 0.3 is 0 Å². The molecule has 1 aromatic carbocycles. The van der Waals surface area contributed by atoms with E-state index in [2.05, 4.69) is 20.7 Å². The van der Waals surface area contributed by atoms with Crippen LogP contribution in [0.4, 0.5) is 0 Å². The third-order valence-corrected chi connectivity index (χ3v) is 6.80. The molecule has 3 rings (SSSR count). The van der Waals surface area contributed by atoms with Gasteiger partial charge in [-0.25, -0.2) is 13.1 Å². The third kappa shape index (κ3) is 3.74. The van der Waals surface area contributed by atoms with Gasteiger partial charge in [0, 0.05) is 15.9 Å². The average Bonchev–Trinajstić information content (AvgIpc) is 3.21. The Morgan fingerprint density at radius 3 is 2.61 bits per heavy atom. The highest BCUT2D eigenvalue weighted by atomic mass is 79.9. The van der Waals surface area contributed by atoms with E-state index in [0.29, 0.717) is 4.47 Å². The molecular weight excluding hydrogens is 398 g/mol. The molecule has 0 saturated heterocycles. The van der Waals surface area contributed by atoms with Crippen LogP contribution in [0, 0.1) is 0 Å². The van der Waals surface area contributed by atoms with E-state index >= 15 is 0 Å². The Labute approximate surface area is 147 Å². The first-order valence-corrected chi connectivity index (χ1v) is 10.0. The molecule has 0 aliphatic heterocycles. The van der Waals surface area contributed by atoms with Crippen molar-refractivity contribution in [3.8, 4) is 0 Å². The molecule has 120 valence electrons. The first-order chi connectivity index (χ1) is 11.1. The Bertz CT molecular complexity index is 824. The lowest BCUT2D eigenvalue weighted by Crippen LogP contribution is -2.29. The number of furan rings is 1. The summed E-state index contributed by atoms with van der Waals surface area (Å²) < 4.78 is 33.8. The summed E-state index contributed by atoms with van der Waals surface area (Å²) in [7, 11) is -3.60.